The van der Waals surface area contributed by atoms with E-state index in [-0.39, 0.29) is 6.61 Å². The number of H-pyrrole nitrogens is 1. The van der Waals surface area contributed by atoms with E-state index in [1.54, 1.807) is 0 Å². The maximum atomic E-state index is 9.16. The molecule has 0 bridgehead atoms. The van der Waals surface area contributed by atoms with Crippen LogP contribution >= 0.6 is 12.2 Å². The van der Waals surface area contributed by atoms with E-state index in [0.717, 1.165) is 19.5 Å². The number of aliphatic hydroxyl groups is 1. The Bertz CT molecular complexity index is 428. The number of aromatic nitrogens is 3. The molecule has 1 atom stereocenters. The number of rotatable bonds is 5. The van der Waals surface area contributed by atoms with Crippen LogP contribution in [0.1, 0.15) is 38.4 Å². The SMILES string of the molecule is CC1CCCCN1CCCn1c(CO)n[nH]c1=S. The highest BCUT2D eigenvalue weighted by Crippen LogP contribution is 2.16. The molecule has 2 N–H and O–H groups in total. The number of aromatic amines is 1. The fourth-order valence-electron chi connectivity index (χ4n) is 2.62. The van der Waals surface area contributed by atoms with Crippen LogP contribution < -0.4 is 0 Å². The van der Waals surface area contributed by atoms with Gasteiger partial charge in [-0.25, -0.2) is 0 Å². The minimum atomic E-state index is -0.0622. The molecule has 0 saturated carbocycles. The summed E-state index contributed by atoms with van der Waals surface area (Å²) in [5.74, 6) is 0.631. The van der Waals surface area contributed by atoms with Gasteiger partial charge >= 0.3 is 0 Å². The highest BCUT2D eigenvalue weighted by molar-refractivity contribution is 7.71. The molecule has 1 unspecified atom stereocenters. The van der Waals surface area contributed by atoms with Gasteiger partial charge in [-0.15, -0.1) is 0 Å². The van der Waals surface area contributed by atoms with Gasteiger partial charge in [0, 0.05) is 19.1 Å². The molecule has 6 heteroatoms. The average Bonchev–Trinajstić information content (AvgIpc) is 2.73. The number of piperidine rings is 1. The molecule has 0 aliphatic carbocycles. The van der Waals surface area contributed by atoms with Crippen LogP contribution in [0.15, 0.2) is 0 Å². The fraction of sp³-hybridized carbons (Fsp3) is 0.833. The number of likely N-dealkylation sites (tertiary alicyclic amines) is 1. The lowest BCUT2D eigenvalue weighted by atomic mass is 10.0. The first-order valence-corrected chi connectivity index (χ1v) is 7.12. The molecular weight excluding hydrogens is 248 g/mol. The average molecular weight is 270 g/mol. The van der Waals surface area contributed by atoms with E-state index < -0.39 is 0 Å². The number of hydrogen-bond donors (Lipinski definition) is 2. The van der Waals surface area contributed by atoms with Crippen molar-refractivity contribution < 1.29 is 5.11 Å². The van der Waals surface area contributed by atoms with Crippen molar-refractivity contribution in [3.8, 4) is 0 Å². The van der Waals surface area contributed by atoms with Crippen molar-refractivity contribution in [2.75, 3.05) is 13.1 Å². The van der Waals surface area contributed by atoms with Gasteiger partial charge in [0.1, 0.15) is 6.61 Å². The molecule has 1 aliphatic rings. The van der Waals surface area contributed by atoms with Crippen molar-refractivity contribution in [3.05, 3.63) is 10.6 Å². The van der Waals surface area contributed by atoms with Gasteiger partial charge in [-0.3, -0.25) is 5.10 Å². The van der Waals surface area contributed by atoms with Crippen LogP contribution in [0.5, 0.6) is 0 Å². The first kappa shape index (κ1) is 13.7. The number of aliphatic hydroxyl groups excluding tert-OH is 1. The molecule has 0 radical (unpaired) electrons. The van der Waals surface area contributed by atoms with Crippen LogP contribution in [-0.2, 0) is 13.2 Å². The minimum Gasteiger partial charge on any atom is -0.388 e. The van der Waals surface area contributed by atoms with Crippen LogP contribution in [-0.4, -0.2) is 43.9 Å². The monoisotopic (exact) mass is 270 g/mol. The Morgan fingerprint density at radius 1 is 1.44 bits per heavy atom. The lowest BCUT2D eigenvalue weighted by Gasteiger charge is -2.33. The highest BCUT2D eigenvalue weighted by Gasteiger charge is 2.17. The summed E-state index contributed by atoms with van der Waals surface area (Å²) >= 11 is 5.15. The van der Waals surface area contributed by atoms with E-state index >= 15 is 0 Å². The zero-order chi connectivity index (χ0) is 13.0. The quantitative estimate of drug-likeness (QED) is 0.800. The van der Waals surface area contributed by atoms with Crippen molar-refractivity contribution in [2.24, 2.45) is 0 Å². The van der Waals surface area contributed by atoms with Crippen molar-refractivity contribution in [2.45, 2.75) is 51.8 Å². The Labute approximate surface area is 113 Å². The van der Waals surface area contributed by atoms with Gasteiger partial charge in [-0.1, -0.05) is 6.42 Å². The van der Waals surface area contributed by atoms with Crippen molar-refractivity contribution in [1.82, 2.24) is 19.7 Å². The van der Waals surface area contributed by atoms with Crippen LogP contribution in [0.2, 0.25) is 0 Å². The molecule has 1 aliphatic heterocycles. The second-order valence-electron chi connectivity index (χ2n) is 4.99. The van der Waals surface area contributed by atoms with E-state index in [1.807, 2.05) is 4.57 Å². The van der Waals surface area contributed by atoms with Crippen LogP contribution in [0.4, 0.5) is 0 Å². The fourth-order valence-corrected chi connectivity index (χ4v) is 2.87. The molecule has 5 nitrogen and oxygen atoms in total. The molecule has 1 aromatic heterocycles. The molecule has 2 rings (SSSR count). The van der Waals surface area contributed by atoms with Gasteiger partial charge in [0.25, 0.3) is 0 Å². The van der Waals surface area contributed by atoms with Gasteiger partial charge in [-0.05, 0) is 44.9 Å². The van der Waals surface area contributed by atoms with Crippen LogP contribution in [0.3, 0.4) is 0 Å². The van der Waals surface area contributed by atoms with Gasteiger partial charge in [0.2, 0.25) is 0 Å². The Balaban J connectivity index is 1.84. The first-order valence-electron chi connectivity index (χ1n) is 6.71. The third-order valence-electron chi connectivity index (χ3n) is 3.75. The summed E-state index contributed by atoms with van der Waals surface area (Å²) in [7, 11) is 0. The van der Waals surface area contributed by atoms with Crippen molar-refractivity contribution in [3.63, 3.8) is 0 Å². The molecule has 1 aromatic rings. The normalized spacial score (nSPS) is 21.3. The Hall–Kier alpha value is -0.720. The summed E-state index contributed by atoms with van der Waals surface area (Å²) in [6, 6.07) is 0.702. The summed E-state index contributed by atoms with van der Waals surface area (Å²) in [6.45, 7) is 5.38. The van der Waals surface area contributed by atoms with E-state index in [2.05, 4.69) is 22.0 Å². The molecule has 0 aromatic carbocycles. The van der Waals surface area contributed by atoms with Crippen LogP contribution in [0.25, 0.3) is 0 Å². The largest absolute Gasteiger partial charge is 0.388 e. The zero-order valence-corrected chi connectivity index (χ0v) is 11.7. The standard InChI is InChI=1S/C12H22N4OS/c1-10-5-2-3-6-15(10)7-4-8-16-11(9-17)13-14-12(16)18/h10,17H,2-9H2,1H3,(H,14,18). The van der Waals surface area contributed by atoms with E-state index in [1.165, 1.54) is 25.8 Å². The molecule has 18 heavy (non-hydrogen) atoms. The predicted molar refractivity (Wildman–Crippen MR) is 72.8 cm³/mol. The molecule has 2 heterocycles. The third-order valence-corrected chi connectivity index (χ3v) is 4.06. The number of nitrogens with one attached hydrogen (secondary N) is 1. The Kier molecular flexibility index (Phi) is 4.91. The third kappa shape index (κ3) is 3.18. The minimum absolute atomic E-state index is 0.0622. The van der Waals surface area contributed by atoms with Gasteiger partial charge in [0.15, 0.2) is 10.6 Å². The first-order chi connectivity index (χ1) is 8.72. The summed E-state index contributed by atoms with van der Waals surface area (Å²) < 4.78 is 2.50. The highest BCUT2D eigenvalue weighted by atomic mass is 32.1. The van der Waals surface area contributed by atoms with Crippen molar-refractivity contribution >= 4 is 12.2 Å². The molecule has 102 valence electrons. The molecule has 0 spiro atoms. The maximum absolute atomic E-state index is 9.16. The van der Waals surface area contributed by atoms with Crippen molar-refractivity contribution in [1.29, 1.82) is 0 Å². The van der Waals surface area contributed by atoms with Gasteiger partial charge in [-0.2, -0.15) is 5.10 Å². The van der Waals surface area contributed by atoms with Gasteiger partial charge < -0.3 is 14.6 Å². The van der Waals surface area contributed by atoms with E-state index in [9.17, 15) is 0 Å². The summed E-state index contributed by atoms with van der Waals surface area (Å²) in [5.41, 5.74) is 0. The molecule has 0 amide bonds. The van der Waals surface area contributed by atoms with E-state index in [4.69, 9.17) is 17.3 Å². The number of hydrogen-bond acceptors (Lipinski definition) is 4. The Morgan fingerprint density at radius 2 is 2.28 bits per heavy atom. The summed E-state index contributed by atoms with van der Waals surface area (Å²) in [5, 5.41) is 15.9. The zero-order valence-electron chi connectivity index (χ0n) is 10.9. The van der Waals surface area contributed by atoms with E-state index in [0.29, 0.717) is 16.6 Å². The molecular formula is C12H22N4OS. The second-order valence-corrected chi connectivity index (χ2v) is 5.38. The number of nitrogens with zero attached hydrogens (tertiary/aromatic N) is 3. The summed E-state index contributed by atoms with van der Waals surface area (Å²) in [4.78, 5) is 2.55. The maximum Gasteiger partial charge on any atom is 0.195 e. The van der Waals surface area contributed by atoms with Crippen LogP contribution in [0, 0.1) is 4.77 Å². The Morgan fingerprint density at radius 3 is 3.00 bits per heavy atom. The van der Waals surface area contributed by atoms with Gasteiger partial charge in [0.05, 0.1) is 0 Å². The second kappa shape index (κ2) is 6.45. The lowest BCUT2D eigenvalue weighted by Crippen LogP contribution is -2.38. The summed E-state index contributed by atoms with van der Waals surface area (Å²) in [6.07, 6.45) is 5.04. The lowest BCUT2D eigenvalue weighted by molar-refractivity contribution is 0.156. The molecule has 1 fully saturated rings. The smallest absolute Gasteiger partial charge is 0.195 e. The molecule has 1 saturated heterocycles. The topological polar surface area (TPSA) is 57.1 Å². The predicted octanol–water partition coefficient (Wildman–Crippen LogP) is 1.70.